The molecule has 1 unspecified atom stereocenters. The summed E-state index contributed by atoms with van der Waals surface area (Å²) >= 11 is 0. The van der Waals surface area contributed by atoms with Crippen LogP contribution in [0.25, 0.3) is 0 Å². The Morgan fingerprint density at radius 1 is 1.19 bits per heavy atom. The molecule has 0 aliphatic carbocycles. The summed E-state index contributed by atoms with van der Waals surface area (Å²) in [5.74, 6) is 1.61. The average molecular weight is 559 g/mol. The Bertz CT molecular complexity index is 699. The Kier molecular flexibility index (Phi) is 12.0. The van der Waals surface area contributed by atoms with E-state index >= 15 is 0 Å². The predicted molar refractivity (Wildman–Crippen MR) is 138 cm³/mol. The number of hydrogen-bond donors (Lipinski definition) is 1. The fourth-order valence-corrected chi connectivity index (χ4v) is 4.15. The molecule has 3 heterocycles. The first-order chi connectivity index (χ1) is 15.2. The SMILES string of the molecule is CCNC(=NCCCN1CCN(c2ncccn2)CC1)N1CCCC(C(=O)OCC)C1.I. The van der Waals surface area contributed by atoms with Gasteiger partial charge in [0.1, 0.15) is 0 Å². The lowest BCUT2D eigenvalue weighted by molar-refractivity contribution is -0.149. The van der Waals surface area contributed by atoms with Crippen LogP contribution in [0.3, 0.4) is 0 Å². The van der Waals surface area contributed by atoms with E-state index in [1.165, 1.54) is 0 Å². The quantitative estimate of drug-likeness (QED) is 0.170. The van der Waals surface area contributed by atoms with E-state index < -0.39 is 0 Å². The van der Waals surface area contributed by atoms with Crippen LogP contribution in [0.1, 0.15) is 33.1 Å². The van der Waals surface area contributed by atoms with Crippen LogP contribution in [0.15, 0.2) is 23.5 Å². The second-order valence-corrected chi connectivity index (χ2v) is 8.00. The monoisotopic (exact) mass is 559 g/mol. The lowest BCUT2D eigenvalue weighted by Crippen LogP contribution is -2.48. The molecule has 9 nitrogen and oxygen atoms in total. The number of piperidine rings is 1. The minimum absolute atomic E-state index is 0. The fraction of sp³-hybridized carbons (Fsp3) is 0.727. The maximum Gasteiger partial charge on any atom is 0.310 e. The van der Waals surface area contributed by atoms with Gasteiger partial charge in [-0.3, -0.25) is 14.7 Å². The molecule has 0 amide bonds. The first-order valence-electron chi connectivity index (χ1n) is 11.7. The summed E-state index contributed by atoms with van der Waals surface area (Å²) in [6, 6.07) is 1.85. The van der Waals surface area contributed by atoms with Crippen molar-refractivity contribution in [2.24, 2.45) is 10.9 Å². The van der Waals surface area contributed by atoms with Gasteiger partial charge in [-0.05, 0) is 39.2 Å². The van der Waals surface area contributed by atoms with Gasteiger partial charge in [0.25, 0.3) is 0 Å². The lowest BCUT2D eigenvalue weighted by atomic mass is 9.98. The Morgan fingerprint density at radius 2 is 1.94 bits per heavy atom. The molecule has 32 heavy (non-hydrogen) atoms. The van der Waals surface area contributed by atoms with Gasteiger partial charge in [0.05, 0.1) is 12.5 Å². The summed E-state index contributed by atoms with van der Waals surface area (Å²) in [5.41, 5.74) is 0. The molecular weight excluding hydrogens is 521 g/mol. The number of esters is 1. The van der Waals surface area contributed by atoms with E-state index in [2.05, 4.69) is 36.9 Å². The van der Waals surface area contributed by atoms with Crippen molar-refractivity contribution in [3.63, 3.8) is 0 Å². The zero-order valence-electron chi connectivity index (χ0n) is 19.4. The third-order valence-corrected chi connectivity index (χ3v) is 5.78. The van der Waals surface area contributed by atoms with Crippen LogP contribution in [0, 0.1) is 5.92 Å². The molecule has 2 saturated heterocycles. The molecule has 1 aromatic rings. The van der Waals surface area contributed by atoms with Gasteiger partial charge in [-0.25, -0.2) is 9.97 Å². The van der Waals surface area contributed by atoms with E-state index in [1.807, 2.05) is 13.0 Å². The molecule has 2 aliphatic heterocycles. The molecule has 0 aromatic carbocycles. The normalized spacial score (nSPS) is 19.9. The molecule has 1 aromatic heterocycles. The van der Waals surface area contributed by atoms with Crippen LogP contribution in [0.2, 0.25) is 0 Å². The number of ether oxygens (including phenoxy) is 1. The lowest BCUT2D eigenvalue weighted by Gasteiger charge is -2.35. The number of anilines is 1. The highest BCUT2D eigenvalue weighted by Gasteiger charge is 2.28. The van der Waals surface area contributed by atoms with Crippen molar-refractivity contribution in [3.05, 3.63) is 18.5 Å². The van der Waals surface area contributed by atoms with Crippen molar-refractivity contribution in [2.45, 2.75) is 33.1 Å². The fourth-order valence-electron chi connectivity index (χ4n) is 4.15. The van der Waals surface area contributed by atoms with Gasteiger partial charge in [0, 0.05) is 71.3 Å². The van der Waals surface area contributed by atoms with Crippen molar-refractivity contribution in [2.75, 3.05) is 70.4 Å². The predicted octanol–water partition coefficient (Wildman–Crippen LogP) is 1.85. The zero-order valence-corrected chi connectivity index (χ0v) is 21.7. The molecule has 2 aliphatic rings. The number of hydrogen-bond acceptors (Lipinski definition) is 7. The number of nitrogens with one attached hydrogen (secondary N) is 1. The van der Waals surface area contributed by atoms with E-state index in [0.717, 1.165) is 83.5 Å². The number of nitrogens with zero attached hydrogens (tertiary/aromatic N) is 6. The van der Waals surface area contributed by atoms with Crippen LogP contribution >= 0.6 is 24.0 Å². The maximum atomic E-state index is 12.1. The second kappa shape index (κ2) is 14.5. The van der Waals surface area contributed by atoms with E-state index in [1.54, 1.807) is 12.4 Å². The van der Waals surface area contributed by atoms with Crippen LogP contribution < -0.4 is 10.2 Å². The number of aliphatic imine (C=N–C) groups is 1. The van der Waals surface area contributed by atoms with Gasteiger partial charge in [0.2, 0.25) is 5.95 Å². The number of halogens is 1. The third kappa shape index (κ3) is 8.02. The molecule has 0 bridgehead atoms. The van der Waals surface area contributed by atoms with E-state index in [9.17, 15) is 4.79 Å². The van der Waals surface area contributed by atoms with Gasteiger partial charge in [-0.15, -0.1) is 24.0 Å². The Hall–Kier alpha value is -1.69. The zero-order chi connectivity index (χ0) is 21.9. The highest BCUT2D eigenvalue weighted by molar-refractivity contribution is 14.0. The van der Waals surface area contributed by atoms with Crippen molar-refractivity contribution >= 4 is 41.9 Å². The van der Waals surface area contributed by atoms with Gasteiger partial charge in [-0.2, -0.15) is 0 Å². The number of carbonyl (C=O) groups is 1. The van der Waals surface area contributed by atoms with E-state index in [0.29, 0.717) is 13.2 Å². The summed E-state index contributed by atoms with van der Waals surface area (Å²) in [4.78, 5) is 32.6. The second-order valence-electron chi connectivity index (χ2n) is 8.00. The van der Waals surface area contributed by atoms with Crippen LogP contribution in [-0.4, -0.2) is 97.2 Å². The standard InChI is InChI=1S/C22H37N7O2.HI/c1-3-23-21(29-13-5-8-19(18-29)20(30)31-4-2)26-11-7-12-27-14-16-28(17-15-27)22-24-9-6-10-25-22;/h6,9-10,19H,3-5,7-8,11-18H2,1-2H3,(H,23,26);1H. The Morgan fingerprint density at radius 3 is 2.62 bits per heavy atom. The first kappa shape index (κ1) is 26.6. The highest BCUT2D eigenvalue weighted by Crippen LogP contribution is 2.18. The number of guanidine groups is 1. The van der Waals surface area contributed by atoms with Crippen molar-refractivity contribution < 1.29 is 9.53 Å². The Labute approximate surface area is 209 Å². The molecular formula is C22H38IN7O2. The first-order valence-corrected chi connectivity index (χ1v) is 11.7. The van der Waals surface area contributed by atoms with Gasteiger partial charge in [0.15, 0.2) is 5.96 Å². The average Bonchev–Trinajstić information content (AvgIpc) is 2.82. The molecule has 180 valence electrons. The van der Waals surface area contributed by atoms with Crippen molar-refractivity contribution in [1.29, 1.82) is 0 Å². The number of carbonyl (C=O) groups excluding carboxylic acids is 1. The highest BCUT2D eigenvalue weighted by atomic mass is 127. The van der Waals surface area contributed by atoms with Crippen LogP contribution in [-0.2, 0) is 9.53 Å². The number of likely N-dealkylation sites (tertiary alicyclic amines) is 1. The maximum absolute atomic E-state index is 12.1. The molecule has 0 radical (unpaired) electrons. The number of rotatable bonds is 8. The molecule has 1 N–H and O–H groups in total. The smallest absolute Gasteiger partial charge is 0.310 e. The van der Waals surface area contributed by atoms with E-state index in [-0.39, 0.29) is 35.9 Å². The molecule has 0 saturated carbocycles. The molecule has 2 fully saturated rings. The molecule has 3 rings (SSSR count). The molecule has 0 spiro atoms. The summed E-state index contributed by atoms with van der Waals surface area (Å²) in [6.07, 6.45) is 6.50. The van der Waals surface area contributed by atoms with Gasteiger partial charge in [-0.1, -0.05) is 0 Å². The van der Waals surface area contributed by atoms with Crippen LogP contribution in [0.4, 0.5) is 5.95 Å². The topological polar surface area (TPSA) is 86.2 Å². The van der Waals surface area contributed by atoms with Crippen molar-refractivity contribution in [3.8, 4) is 0 Å². The minimum atomic E-state index is -0.0805. The molecule has 10 heteroatoms. The summed E-state index contributed by atoms with van der Waals surface area (Å²) in [7, 11) is 0. The van der Waals surface area contributed by atoms with Gasteiger partial charge < -0.3 is 19.9 Å². The largest absolute Gasteiger partial charge is 0.466 e. The molecule has 1 atom stereocenters. The number of piperazine rings is 1. The van der Waals surface area contributed by atoms with E-state index in [4.69, 9.17) is 9.73 Å². The van der Waals surface area contributed by atoms with Crippen molar-refractivity contribution in [1.82, 2.24) is 25.1 Å². The minimum Gasteiger partial charge on any atom is -0.466 e. The summed E-state index contributed by atoms with van der Waals surface area (Å²) in [6.45, 7) is 12.6. The number of aromatic nitrogens is 2. The van der Waals surface area contributed by atoms with Crippen LogP contribution in [0.5, 0.6) is 0 Å². The summed E-state index contributed by atoms with van der Waals surface area (Å²) < 4.78 is 5.23. The van der Waals surface area contributed by atoms with Gasteiger partial charge >= 0.3 is 5.97 Å². The Balaban J connectivity index is 0.00000363. The third-order valence-electron chi connectivity index (χ3n) is 5.78. The summed E-state index contributed by atoms with van der Waals surface area (Å²) in [5, 5.41) is 3.40.